The predicted molar refractivity (Wildman–Crippen MR) is 124 cm³/mol. The second-order valence-corrected chi connectivity index (χ2v) is 14.6. The highest BCUT2D eigenvalue weighted by Crippen LogP contribution is 2.28. The van der Waals surface area contributed by atoms with E-state index in [1.807, 2.05) is 26.0 Å². The Bertz CT molecular complexity index is 1170. The van der Waals surface area contributed by atoms with Crippen LogP contribution in [0.25, 0.3) is 11.0 Å². The lowest BCUT2D eigenvalue weighted by molar-refractivity contribution is 0.0833. The van der Waals surface area contributed by atoms with Crippen molar-refractivity contribution in [1.29, 1.82) is 5.26 Å². The van der Waals surface area contributed by atoms with Crippen molar-refractivity contribution in [2.24, 2.45) is 0 Å². The maximum atomic E-state index is 13.6. The van der Waals surface area contributed by atoms with Gasteiger partial charge in [-0.15, -0.1) is 0 Å². The van der Waals surface area contributed by atoms with Crippen LogP contribution >= 0.6 is 0 Å². The third-order valence-electron chi connectivity index (χ3n) is 5.19. The van der Waals surface area contributed by atoms with E-state index in [9.17, 15) is 10.1 Å². The maximum absolute atomic E-state index is 13.6. The molecule has 0 unspecified atom stereocenters. The number of methoxy groups -OCH3 is 1. The molecule has 3 aromatic rings. The first-order chi connectivity index (χ1) is 14.6. The number of carbonyl (C=O) groups is 1. The van der Waals surface area contributed by atoms with Gasteiger partial charge < -0.3 is 9.47 Å². The van der Waals surface area contributed by atoms with E-state index in [2.05, 4.69) is 30.7 Å². The molecule has 0 aliphatic rings. The van der Waals surface area contributed by atoms with Gasteiger partial charge in [-0.1, -0.05) is 25.7 Å². The molecule has 1 heterocycles. The Kier molecular flexibility index (Phi) is 6.63. The highest BCUT2D eigenvalue weighted by Gasteiger charge is 2.24. The zero-order valence-electron chi connectivity index (χ0n) is 19.1. The van der Waals surface area contributed by atoms with Crippen molar-refractivity contribution in [2.45, 2.75) is 46.3 Å². The Morgan fingerprint density at radius 3 is 2.58 bits per heavy atom. The van der Waals surface area contributed by atoms with Crippen molar-refractivity contribution >= 4 is 24.9 Å². The molecular weight excluding hydrogens is 406 g/mol. The SMILES string of the molecule is COc1cc(C)cc(C)c1C(=O)c1nc2ccc(C#N)cc2n1COCC[Si](C)(C)C. The van der Waals surface area contributed by atoms with Crippen molar-refractivity contribution in [3.8, 4) is 11.8 Å². The van der Waals surface area contributed by atoms with Crippen molar-refractivity contribution in [1.82, 2.24) is 9.55 Å². The number of ether oxygens (including phenoxy) is 2. The van der Waals surface area contributed by atoms with E-state index < -0.39 is 8.07 Å². The Balaban J connectivity index is 2.07. The van der Waals surface area contributed by atoms with Gasteiger partial charge in [0.05, 0.1) is 35.3 Å². The van der Waals surface area contributed by atoms with Gasteiger partial charge in [-0.2, -0.15) is 5.26 Å². The monoisotopic (exact) mass is 435 g/mol. The number of carbonyl (C=O) groups excluding carboxylic acids is 1. The van der Waals surface area contributed by atoms with Crippen LogP contribution in [0.4, 0.5) is 0 Å². The second kappa shape index (κ2) is 9.04. The standard InChI is InChI=1S/C24H29N3O3Si/c1-16-11-17(2)22(21(12-16)29-3)23(28)24-26-19-8-7-18(14-25)13-20(19)27(24)15-30-9-10-31(4,5)6/h7-8,11-13H,9-10,15H2,1-6H3. The zero-order valence-corrected chi connectivity index (χ0v) is 20.1. The molecule has 1 aromatic heterocycles. The number of aromatic nitrogens is 2. The summed E-state index contributed by atoms with van der Waals surface area (Å²) in [5.41, 5.74) is 4.22. The summed E-state index contributed by atoms with van der Waals surface area (Å²) in [6.45, 7) is 11.6. The number of aryl methyl sites for hydroxylation is 2. The van der Waals surface area contributed by atoms with Gasteiger partial charge in [0, 0.05) is 14.7 Å². The van der Waals surface area contributed by atoms with Crippen LogP contribution in [0.15, 0.2) is 30.3 Å². The summed E-state index contributed by atoms with van der Waals surface area (Å²) in [5, 5.41) is 9.33. The van der Waals surface area contributed by atoms with E-state index in [0.717, 1.165) is 17.2 Å². The van der Waals surface area contributed by atoms with E-state index in [1.54, 1.807) is 29.9 Å². The number of fused-ring (bicyclic) bond motifs is 1. The third-order valence-corrected chi connectivity index (χ3v) is 6.89. The zero-order chi connectivity index (χ0) is 22.8. The molecule has 0 radical (unpaired) electrons. The summed E-state index contributed by atoms with van der Waals surface area (Å²) in [6, 6.07) is 12.2. The van der Waals surface area contributed by atoms with E-state index in [0.29, 0.717) is 34.5 Å². The first-order valence-electron chi connectivity index (χ1n) is 10.3. The van der Waals surface area contributed by atoms with E-state index in [1.165, 1.54) is 0 Å². The van der Waals surface area contributed by atoms with Crippen molar-refractivity contribution < 1.29 is 14.3 Å². The van der Waals surface area contributed by atoms with E-state index in [-0.39, 0.29) is 18.3 Å². The first kappa shape index (κ1) is 22.7. The summed E-state index contributed by atoms with van der Waals surface area (Å²) >= 11 is 0. The molecule has 0 aliphatic carbocycles. The minimum Gasteiger partial charge on any atom is -0.496 e. The third kappa shape index (κ3) is 5.04. The number of nitriles is 1. The normalized spacial score (nSPS) is 11.5. The molecular formula is C24H29N3O3Si. The van der Waals surface area contributed by atoms with Crippen molar-refractivity contribution in [3.63, 3.8) is 0 Å². The van der Waals surface area contributed by atoms with Gasteiger partial charge in [-0.05, 0) is 55.3 Å². The van der Waals surface area contributed by atoms with Gasteiger partial charge in [-0.25, -0.2) is 4.98 Å². The summed E-state index contributed by atoms with van der Waals surface area (Å²) < 4.78 is 13.2. The van der Waals surface area contributed by atoms with Gasteiger partial charge >= 0.3 is 0 Å². The molecule has 0 atom stereocenters. The van der Waals surface area contributed by atoms with Crippen LogP contribution in [0.1, 0.15) is 32.9 Å². The molecule has 0 N–H and O–H groups in total. The van der Waals surface area contributed by atoms with E-state index >= 15 is 0 Å². The topological polar surface area (TPSA) is 77.1 Å². The van der Waals surface area contributed by atoms with Crippen LogP contribution in [0.2, 0.25) is 25.7 Å². The quantitative estimate of drug-likeness (QED) is 0.280. The molecule has 0 aliphatic heterocycles. The number of rotatable bonds is 8. The van der Waals surface area contributed by atoms with Gasteiger partial charge in [-0.3, -0.25) is 9.36 Å². The fraction of sp³-hybridized carbons (Fsp3) is 0.375. The number of imidazole rings is 1. The number of nitrogens with zero attached hydrogens (tertiary/aromatic N) is 3. The van der Waals surface area contributed by atoms with Crippen LogP contribution in [0.3, 0.4) is 0 Å². The smallest absolute Gasteiger partial charge is 0.232 e. The Morgan fingerprint density at radius 1 is 1.19 bits per heavy atom. The van der Waals surface area contributed by atoms with Crippen molar-refractivity contribution in [2.75, 3.05) is 13.7 Å². The summed E-state index contributed by atoms with van der Waals surface area (Å²) in [7, 11) is 0.325. The Morgan fingerprint density at radius 2 is 1.94 bits per heavy atom. The number of hydrogen-bond acceptors (Lipinski definition) is 5. The second-order valence-electron chi connectivity index (χ2n) is 9.01. The molecule has 0 saturated heterocycles. The average molecular weight is 436 g/mol. The van der Waals surface area contributed by atoms with Crippen LogP contribution < -0.4 is 4.74 Å². The number of benzene rings is 2. The fourth-order valence-corrected chi connectivity index (χ4v) is 4.28. The number of ketones is 1. The molecule has 3 rings (SSSR count). The Labute approximate surface area is 184 Å². The molecule has 0 fully saturated rings. The van der Waals surface area contributed by atoms with Gasteiger partial charge in [0.2, 0.25) is 5.78 Å². The molecule has 0 bridgehead atoms. The summed E-state index contributed by atoms with van der Waals surface area (Å²) in [6.07, 6.45) is 0. The average Bonchev–Trinajstić information content (AvgIpc) is 3.07. The highest BCUT2D eigenvalue weighted by atomic mass is 28.3. The molecule has 6 nitrogen and oxygen atoms in total. The lowest BCUT2D eigenvalue weighted by Crippen LogP contribution is -2.22. The van der Waals surface area contributed by atoms with Crippen LogP contribution in [-0.2, 0) is 11.5 Å². The minimum absolute atomic E-state index is 0.199. The fourth-order valence-electron chi connectivity index (χ4n) is 3.52. The summed E-state index contributed by atoms with van der Waals surface area (Å²) in [4.78, 5) is 18.2. The molecule has 0 spiro atoms. The molecule has 0 amide bonds. The lowest BCUT2D eigenvalue weighted by Gasteiger charge is -2.17. The van der Waals surface area contributed by atoms with Crippen LogP contribution in [0, 0.1) is 25.2 Å². The first-order valence-corrected chi connectivity index (χ1v) is 14.0. The van der Waals surface area contributed by atoms with Crippen LogP contribution in [-0.4, -0.2) is 37.1 Å². The van der Waals surface area contributed by atoms with Gasteiger partial charge in [0.25, 0.3) is 0 Å². The maximum Gasteiger partial charge on any atom is 0.232 e. The largest absolute Gasteiger partial charge is 0.496 e. The number of hydrogen-bond donors (Lipinski definition) is 0. The molecule has 2 aromatic carbocycles. The Hall–Kier alpha value is -2.95. The molecule has 162 valence electrons. The van der Waals surface area contributed by atoms with Crippen LogP contribution in [0.5, 0.6) is 5.75 Å². The molecule has 0 saturated carbocycles. The molecule has 31 heavy (non-hydrogen) atoms. The van der Waals surface area contributed by atoms with Gasteiger partial charge in [0.1, 0.15) is 12.5 Å². The van der Waals surface area contributed by atoms with Crippen molar-refractivity contribution in [3.05, 3.63) is 58.4 Å². The van der Waals surface area contributed by atoms with E-state index in [4.69, 9.17) is 9.47 Å². The minimum atomic E-state index is -1.24. The highest BCUT2D eigenvalue weighted by molar-refractivity contribution is 6.76. The molecule has 7 heteroatoms. The summed E-state index contributed by atoms with van der Waals surface area (Å²) in [5.74, 6) is 0.583. The van der Waals surface area contributed by atoms with Gasteiger partial charge in [0.15, 0.2) is 5.82 Å². The lowest BCUT2D eigenvalue weighted by atomic mass is 10.00. The predicted octanol–water partition coefficient (Wildman–Crippen LogP) is 5.08.